The number of nitrogens with one attached hydrogen (secondary N) is 2. The predicted octanol–water partition coefficient (Wildman–Crippen LogP) is 6.09. The number of urea groups is 1. The van der Waals surface area contributed by atoms with E-state index in [2.05, 4.69) is 23.6 Å². The van der Waals surface area contributed by atoms with Gasteiger partial charge >= 0.3 is 6.03 Å². The number of rotatable bonds is 7. The molecule has 4 aliphatic carbocycles. The fraction of sp³-hybridized carbons (Fsp3) is 0.733. The van der Waals surface area contributed by atoms with E-state index in [0.29, 0.717) is 47.7 Å². The summed E-state index contributed by atoms with van der Waals surface area (Å²) in [7, 11) is 0. The van der Waals surface area contributed by atoms with Crippen LogP contribution in [0, 0.1) is 29.1 Å². The van der Waals surface area contributed by atoms with Crippen LogP contribution in [0.1, 0.15) is 101 Å². The van der Waals surface area contributed by atoms with Crippen LogP contribution in [0.3, 0.4) is 0 Å². The number of phenols is 1. The average molecular weight is 481 g/mol. The van der Waals surface area contributed by atoms with Crippen LogP contribution in [0.5, 0.6) is 5.75 Å². The smallest absolute Gasteiger partial charge is 0.314 e. The van der Waals surface area contributed by atoms with Crippen LogP contribution in [-0.4, -0.2) is 30.0 Å². The van der Waals surface area contributed by atoms with Crippen molar-refractivity contribution in [2.45, 2.75) is 96.3 Å². The molecule has 3 N–H and O–H groups in total. The number of hydrogen-bond acceptors (Lipinski definition) is 3. The zero-order valence-electron chi connectivity index (χ0n) is 21.5. The SMILES string of the molecule is CC12CCC3c4ccc(O)cc4CCC3C1[C@@H](CCCCNC(=O)NCC1CCCCC1)CC2=O. The summed E-state index contributed by atoms with van der Waals surface area (Å²) in [6, 6.07) is 5.90. The minimum absolute atomic E-state index is 0.0266. The highest BCUT2D eigenvalue weighted by Crippen LogP contribution is 2.62. The summed E-state index contributed by atoms with van der Waals surface area (Å²) in [4.78, 5) is 25.4. The largest absolute Gasteiger partial charge is 0.508 e. The van der Waals surface area contributed by atoms with Gasteiger partial charge in [0.1, 0.15) is 11.5 Å². The number of phenolic OH excluding ortho intramolecular Hbond substituents is 1. The van der Waals surface area contributed by atoms with Gasteiger partial charge in [0, 0.05) is 24.9 Å². The van der Waals surface area contributed by atoms with E-state index in [1.54, 1.807) is 0 Å². The summed E-state index contributed by atoms with van der Waals surface area (Å²) in [5.74, 6) is 3.56. The Kier molecular flexibility index (Phi) is 7.41. The first-order valence-electron chi connectivity index (χ1n) is 14.3. The Balaban J connectivity index is 1.12. The van der Waals surface area contributed by atoms with Crippen LogP contribution in [0.2, 0.25) is 0 Å². The van der Waals surface area contributed by atoms with Crippen LogP contribution in [0.4, 0.5) is 4.79 Å². The van der Waals surface area contributed by atoms with Gasteiger partial charge in [0.25, 0.3) is 0 Å². The molecule has 5 heteroatoms. The van der Waals surface area contributed by atoms with Crippen molar-refractivity contribution in [2.75, 3.05) is 13.1 Å². The Bertz CT molecular complexity index is 924. The minimum Gasteiger partial charge on any atom is -0.508 e. The molecule has 35 heavy (non-hydrogen) atoms. The Morgan fingerprint density at radius 1 is 1.09 bits per heavy atom. The number of aromatic hydroxyl groups is 1. The molecule has 3 saturated carbocycles. The first kappa shape index (κ1) is 24.6. The number of hydrogen-bond donors (Lipinski definition) is 3. The van der Waals surface area contributed by atoms with Gasteiger partial charge in [-0.25, -0.2) is 4.79 Å². The van der Waals surface area contributed by atoms with E-state index in [1.807, 2.05) is 12.1 Å². The highest BCUT2D eigenvalue weighted by molar-refractivity contribution is 5.87. The molecule has 0 spiro atoms. The molecule has 4 unspecified atom stereocenters. The second-order valence-electron chi connectivity index (χ2n) is 12.2. The van der Waals surface area contributed by atoms with E-state index in [0.717, 1.165) is 57.9 Å². The van der Waals surface area contributed by atoms with Crippen LogP contribution in [-0.2, 0) is 11.2 Å². The van der Waals surface area contributed by atoms with Crippen molar-refractivity contribution in [1.82, 2.24) is 10.6 Å². The Hall–Kier alpha value is -2.04. The summed E-state index contributed by atoms with van der Waals surface area (Å²) in [6.45, 7) is 3.77. The van der Waals surface area contributed by atoms with E-state index >= 15 is 0 Å². The molecule has 4 aliphatic rings. The number of amides is 2. The minimum atomic E-state index is -0.155. The average Bonchev–Trinajstić information content (AvgIpc) is 3.12. The monoisotopic (exact) mass is 480 g/mol. The maximum Gasteiger partial charge on any atom is 0.314 e. The molecule has 0 saturated heterocycles. The number of carbonyl (C=O) groups is 2. The lowest BCUT2D eigenvalue weighted by Gasteiger charge is -2.50. The number of fused-ring (bicyclic) bond motifs is 5. The van der Waals surface area contributed by atoms with Crippen molar-refractivity contribution < 1.29 is 14.7 Å². The molecule has 1 aromatic carbocycles. The standard InChI is InChI=1S/C30H44N2O3/c1-30-15-14-25-24-13-11-23(33)17-21(24)10-12-26(25)28(30)22(18-27(30)34)9-5-6-16-31-29(35)32-19-20-7-3-2-4-8-20/h11,13,17,20,22,25-26,28,33H,2-10,12,14-16,18-19H2,1H3,(H2,31,32,35)/t22-,25?,26?,28?,30?/m0/s1. The molecule has 0 aliphatic heterocycles. The van der Waals surface area contributed by atoms with Crippen LogP contribution in [0.15, 0.2) is 18.2 Å². The molecule has 0 bridgehead atoms. The van der Waals surface area contributed by atoms with E-state index in [1.165, 1.54) is 43.2 Å². The van der Waals surface area contributed by atoms with Gasteiger partial charge in [-0.1, -0.05) is 38.7 Å². The van der Waals surface area contributed by atoms with Crippen LogP contribution in [0.25, 0.3) is 0 Å². The number of ketones is 1. The van der Waals surface area contributed by atoms with Crippen molar-refractivity contribution in [1.29, 1.82) is 0 Å². The maximum atomic E-state index is 13.2. The van der Waals surface area contributed by atoms with Crippen molar-refractivity contribution in [3.8, 4) is 5.75 Å². The third kappa shape index (κ3) is 5.11. The lowest BCUT2D eigenvalue weighted by atomic mass is 9.54. The van der Waals surface area contributed by atoms with Crippen LogP contribution < -0.4 is 10.6 Å². The van der Waals surface area contributed by atoms with Gasteiger partial charge in [0.2, 0.25) is 0 Å². The molecule has 1 aromatic rings. The molecule has 2 amide bonds. The molecule has 5 rings (SSSR count). The zero-order chi connectivity index (χ0) is 24.4. The highest BCUT2D eigenvalue weighted by Gasteiger charge is 2.58. The first-order chi connectivity index (χ1) is 17.0. The molecule has 0 aromatic heterocycles. The van der Waals surface area contributed by atoms with Crippen molar-refractivity contribution in [2.24, 2.45) is 29.1 Å². The molecule has 192 valence electrons. The van der Waals surface area contributed by atoms with E-state index in [4.69, 9.17) is 0 Å². The van der Waals surface area contributed by atoms with E-state index < -0.39 is 0 Å². The molecular weight excluding hydrogens is 436 g/mol. The van der Waals surface area contributed by atoms with Crippen LogP contribution >= 0.6 is 0 Å². The topological polar surface area (TPSA) is 78.4 Å². The fourth-order valence-electron chi connectivity index (χ4n) is 8.32. The summed E-state index contributed by atoms with van der Waals surface area (Å²) < 4.78 is 0. The molecular formula is C30H44N2O3. The molecule has 5 atom stereocenters. The molecule has 0 heterocycles. The van der Waals surface area contributed by atoms with Gasteiger partial charge < -0.3 is 15.7 Å². The molecule has 3 fully saturated rings. The Labute approximate surface area is 210 Å². The van der Waals surface area contributed by atoms with Gasteiger partial charge in [-0.3, -0.25) is 4.79 Å². The predicted molar refractivity (Wildman–Crippen MR) is 138 cm³/mol. The van der Waals surface area contributed by atoms with Gasteiger partial charge in [-0.15, -0.1) is 0 Å². The summed E-state index contributed by atoms with van der Waals surface area (Å²) in [5.41, 5.74) is 2.57. The zero-order valence-corrected chi connectivity index (χ0v) is 21.5. The fourth-order valence-corrected chi connectivity index (χ4v) is 8.32. The van der Waals surface area contributed by atoms with Gasteiger partial charge in [-0.05, 0) is 104 Å². The number of Topliss-reactive ketones (excluding diaryl/α,β-unsaturated/α-hetero) is 1. The number of unbranched alkanes of at least 4 members (excludes halogenated alkanes) is 1. The number of carbonyl (C=O) groups excluding carboxylic acids is 2. The van der Waals surface area contributed by atoms with Crippen molar-refractivity contribution in [3.63, 3.8) is 0 Å². The number of aryl methyl sites for hydroxylation is 1. The Morgan fingerprint density at radius 2 is 1.91 bits per heavy atom. The summed E-state index contributed by atoms with van der Waals surface area (Å²) in [6.07, 6.45) is 14.5. The molecule has 0 radical (unpaired) electrons. The summed E-state index contributed by atoms with van der Waals surface area (Å²) in [5, 5.41) is 16.1. The van der Waals surface area contributed by atoms with E-state index in [-0.39, 0.29) is 11.4 Å². The van der Waals surface area contributed by atoms with E-state index in [9.17, 15) is 14.7 Å². The summed E-state index contributed by atoms with van der Waals surface area (Å²) >= 11 is 0. The third-order valence-electron chi connectivity index (χ3n) is 10.1. The molecule has 5 nitrogen and oxygen atoms in total. The second kappa shape index (κ2) is 10.5. The van der Waals surface area contributed by atoms with Crippen molar-refractivity contribution in [3.05, 3.63) is 29.3 Å². The number of benzene rings is 1. The highest BCUT2D eigenvalue weighted by atomic mass is 16.3. The lowest BCUT2D eigenvalue weighted by molar-refractivity contribution is -0.129. The quantitative estimate of drug-likeness (QED) is 0.413. The van der Waals surface area contributed by atoms with Gasteiger partial charge in [-0.2, -0.15) is 0 Å². The first-order valence-corrected chi connectivity index (χ1v) is 14.3. The normalized spacial score (nSPS) is 32.4. The maximum absolute atomic E-state index is 13.2. The lowest BCUT2D eigenvalue weighted by Crippen LogP contribution is -2.44. The third-order valence-corrected chi connectivity index (χ3v) is 10.1. The van der Waals surface area contributed by atoms with Crippen molar-refractivity contribution >= 4 is 11.8 Å². The van der Waals surface area contributed by atoms with Gasteiger partial charge in [0.15, 0.2) is 0 Å². The second-order valence-corrected chi connectivity index (χ2v) is 12.2. The Morgan fingerprint density at radius 3 is 2.74 bits per heavy atom. The van der Waals surface area contributed by atoms with Gasteiger partial charge in [0.05, 0.1) is 0 Å².